The number of aryl methyl sites for hydroxylation is 2. The summed E-state index contributed by atoms with van der Waals surface area (Å²) in [5.74, 6) is 2.72. The number of aliphatic imine (C=N–C) groups is 1. The van der Waals surface area contributed by atoms with Crippen LogP contribution in [0.25, 0.3) is 89.5 Å². The molecule has 0 saturated heterocycles. The first-order valence-electron chi connectivity index (χ1n) is 31.2. The van der Waals surface area contributed by atoms with Crippen LogP contribution in [-0.2, 0) is 19.4 Å². The molecule has 1 aliphatic heterocycles. The van der Waals surface area contributed by atoms with Crippen LogP contribution < -0.4 is 20.7 Å². The van der Waals surface area contributed by atoms with E-state index < -0.39 is 0 Å². The highest BCUT2D eigenvalue weighted by molar-refractivity contribution is 6.07. The van der Waals surface area contributed by atoms with Crippen LogP contribution in [-0.4, -0.2) is 146 Å². The fraction of sp³-hybridized carbons (Fsp3) is 0.219. The van der Waals surface area contributed by atoms with E-state index in [1.54, 1.807) is 4.68 Å². The van der Waals surface area contributed by atoms with Crippen LogP contribution in [0.15, 0.2) is 181 Å². The molecule has 0 aliphatic carbocycles. The van der Waals surface area contributed by atoms with Gasteiger partial charge in [-0.1, -0.05) is 71.9 Å². The zero-order valence-corrected chi connectivity index (χ0v) is 51.9. The van der Waals surface area contributed by atoms with Crippen molar-refractivity contribution in [1.29, 1.82) is 0 Å². The molecule has 8 aromatic carbocycles. The van der Waals surface area contributed by atoms with Crippen molar-refractivity contribution in [2.24, 2.45) is 4.99 Å². The Balaban J connectivity index is 0.528. The lowest BCUT2D eigenvalue weighted by Crippen LogP contribution is -2.31. The van der Waals surface area contributed by atoms with Gasteiger partial charge in [-0.15, -0.1) is 5.10 Å². The Labute approximate surface area is 532 Å². The lowest BCUT2D eigenvalue weighted by Gasteiger charge is -2.10. The number of hydrogen-bond donors (Lipinski definition) is 6. The molecule has 0 unspecified atom stereocenters. The summed E-state index contributed by atoms with van der Waals surface area (Å²) < 4.78 is 7.71. The number of H-pyrrole nitrogens is 3. The number of rotatable bonds is 25. The topological polar surface area (TPSA) is 232 Å². The highest BCUT2D eigenvalue weighted by Crippen LogP contribution is 2.36. The highest BCUT2D eigenvalue weighted by atomic mass is 16.5. The summed E-state index contributed by atoms with van der Waals surface area (Å²) in [6.45, 7) is 4.58. The van der Waals surface area contributed by atoms with Crippen LogP contribution >= 0.6 is 0 Å². The van der Waals surface area contributed by atoms with Crippen LogP contribution in [0.2, 0.25) is 0 Å². The van der Waals surface area contributed by atoms with Gasteiger partial charge in [0.15, 0.2) is 0 Å². The Morgan fingerprint density at radius 1 is 0.489 bits per heavy atom. The molecular weight excluding hydrogens is 1150 g/mol. The number of ether oxygens (including phenoxy) is 1. The lowest BCUT2D eigenvalue weighted by atomic mass is 9.99. The zero-order chi connectivity index (χ0) is 63.1. The average Bonchev–Trinajstić information content (AvgIpc) is 1.75. The van der Waals surface area contributed by atoms with Gasteiger partial charge in [-0.2, -0.15) is 0 Å². The first kappa shape index (κ1) is 60.0. The second kappa shape index (κ2) is 27.1. The van der Waals surface area contributed by atoms with E-state index in [0.29, 0.717) is 75.2 Å². The summed E-state index contributed by atoms with van der Waals surface area (Å²) in [6.07, 6.45) is 5.63. The molecule has 0 radical (unpaired) electrons. The van der Waals surface area contributed by atoms with E-state index in [4.69, 9.17) is 24.7 Å². The summed E-state index contributed by atoms with van der Waals surface area (Å²) >= 11 is 0. The third-order valence-electron chi connectivity index (χ3n) is 16.5. The van der Waals surface area contributed by atoms with Crippen LogP contribution in [0.1, 0.15) is 67.2 Å². The van der Waals surface area contributed by atoms with E-state index >= 15 is 0 Å². The molecule has 19 nitrogen and oxygen atoms in total. The second-order valence-electron chi connectivity index (χ2n) is 23.8. The van der Waals surface area contributed by atoms with E-state index in [1.165, 1.54) is 0 Å². The Morgan fingerprint density at radius 3 is 1.45 bits per heavy atom. The van der Waals surface area contributed by atoms with Gasteiger partial charge in [0.25, 0.3) is 17.7 Å². The Bertz CT molecular complexity index is 4650. The molecule has 13 rings (SSSR count). The van der Waals surface area contributed by atoms with Crippen LogP contribution in [0.3, 0.4) is 0 Å². The molecule has 1 aliphatic rings. The molecule has 0 spiro atoms. The van der Waals surface area contributed by atoms with E-state index in [9.17, 15) is 14.4 Å². The Morgan fingerprint density at radius 2 is 0.935 bits per heavy atom. The number of benzene rings is 8. The maximum atomic E-state index is 13.2. The first-order valence-corrected chi connectivity index (χ1v) is 31.2. The van der Waals surface area contributed by atoms with Crippen molar-refractivity contribution in [3.63, 3.8) is 0 Å². The van der Waals surface area contributed by atoms with Crippen molar-refractivity contribution in [3.8, 4) is 62.2 Å². The number of carbonyl (C=O) groups excluding carboxylic acids is 3. The van der Waals surface area contributed by atoms with Crippen LogP contribution in [0.4, 0.5) is 5.69 Å². The van der Waals surface area contributed by atoms with Crippen molar-refractivity contribution < 1.29 is 19.1 Å². The summed E-state index contributed by atoms with van der Waals surface area (Å²) in [4.78, 5) is 73.2. The number of carbonyl (C=O) groups is 3. The number of nitrogens with one attached hydrogen (secondary N) is 6. The number of hydrogen-bond acceptors (Lipinski definition) is 12. The number of aromatic amines is 3. The van der Waals surface area contributed by atoms with Gasteiger partial charge in [0.2, 0.25) is 0 Å². The number of nitrogens with zero attached hydrogens (tertiary/aromatic N) is 9. The molecule has 0 fully saturated rings. The molecule has 92 heavy (non-hydrogen) atoms. The highest BCUT2D eigenvalue weighted by Gasteiger charge is 2.20. The van der Waals surface area contributed by atoms with Crippen molar-refractivity contribution in [2.75, 3.05) is 67.5 Å². The minimum absolute atomic E-state index is 0.0957. The largest absolute Gasteiger partial charge is 0.494 e. The summed E-state index contributed by atoms with van der Waals surface area (Å²) in [5, 5.41) is 17.7. The molecular formula is C73H71N15O4. The monoisotopic (exact) mass is 1220 g/mol. The molecule has 19 heteroatoms. The molecule has 4 aromatic heterocycles. The van der Waals surface area contributed by atoms with Gasteiger partial charge in [0.05, 0.1) is 56.8 Å². The average molecular weight is 1220 g/mol. The molecule has 462 valence electrons. The molecule has 6 N–H and O–H groups in total. The van der Waals surface area contributed by atoms with Crippen molar-refractivity contribution >= 4 is 62.2 Å². The van der Waals surface area contributed by atoms with Gasteiger partial charge >= 0.3 is 0 Å². The standard InChI is InChI=1S/C73H71N15O4/c1-86(2)36-7-39-92-59-28-23-49(24-29-59)70-80-62-32-27-56(43-67(62)83-70)55-26-31-61-66(42-55)82-68(79-61)47-11-17-51(18-12-47)72(90)75-34-6-37-88-45-58(84-85-88)8-5-33-74-71(89)50-15-9-46(10-16-50)63-44-57-22-21-53(40-64(57)77-63)54-25-30-60-65(41-54)81-69(78-60)48-13-19-52(20-14-48)73(91)76-35-38-87(3)4/h9-32,40-43,45H,5-8,33-39,44H2,1-4H3,(H,74,89)(H,75,90)(H,76,91)(H,78,81)(H,79,82)(H,80,83). The van der Waals surface area contributed by atoms with Gasteiger partial charge in [-0.05, 0) is 190 Å². The molecule has 0 saturated carbocycles. The number of likely N-dealkylation sites (N-methyl/N-ethyl adjacent to an activating group) is 1. The molecule has 12 aromatic rings. The normalized spacial score (nSPS) is 12.1. The zero-order valence-electron chi connectivity index (χ0n) is 51.9. The number of aromatic nitrogens is 9. The maximum Gasteiger partial charge on any atom is 0.251 e. The maximum absolute atomic E-state index is 13.2. The predicted molar refractivity (Wildman–Crippen MR) is 363 cm³/mol. The predicted octanol–water partition coefficient (Wildman–Crippen LogP) is 11.7. The van der Waals surface area contributed by atoms with Gasteiger partial charge < -0.3 is 45.4 Å². The molecule has 5 heterocycles. The fourth-order valence-corrected chi connectivity index (χ4v) is 11.3. The number of amides is 3. The summed E-state index contributed by atoms with van der Waals surface area (Å²) in [6, 6.07) is 55.7. The van der Waals surface area contributed by atoms with Crippen molar-refractivity contribution in [1.82, 2.24) is 70.6 Å². The minimum atomic E-state index is -0.153. The summed E-state index contributed by atoms with van der Waals surface area (Å²) in [5.41, 5.74) is 18.9. The van der Waals surface area contributed by atoms with Gasteiger partial charge in [0, 0.05) is 85.3 Å². The van der Waals surface area contributed by atoms with E-state index in [2.05, 4.69) is 121 Å². The lowest BCUT2D eigenvalue weighted by molar-refractivity contribution is 0.0943. The number of fused-ring (bicyclic) bond motifs is 4. The Kier molecular flexibility index (Phi) is 17.7. The van der Waals surface area contributed by atoms with E-state index in [1.807, 2.05) is 134 Å². The van der Waals surface area contributed by atoms with Gasteiger partial charge in [0.1, 0.15) is 23.2 Å². The smallest absolute Gasteiger partial charge is 0.251 e. The van der Waals surface area contributed by atoms with E-state index in [0.717, 1.165) is 143 Å². The van der Waals surface area contributed by atoms with Crippen molar-refractivity contribution in [2.45, 2.75) is 38.6 Å². The first-order chi connectivity index (χ1) is 44.9. The fourth-order valence-electron chi connectivity index (χ4n) is 11.3. The number of imidazole rings is 3. The quantitative estimate of drug-likeness (QED) is 0.0295. The molecule has 0 atom stereocenters. The molecule has 0 bridgehead atoms. The van der Waals surface area contributed by atoms with Gasteiger partial charge in [-0.25, -0.2) is 15.0 Å². The third kappa shape index (κ3) is 14.1. The minimum Gasteiger partial charge on any atom is -0.494 e. The Hall–Kier alpha value is -10.9. The van der Waals surface area contributed by atoms with Crippen LogP contribution in [0, 0.1) is 0 Å². The van der Waals surface area contributed by atoms with E-state index in [-0.39, 0.29) is 17.7 Å². The SMILES string of the molecule is CN(C)CCCOc1ccc(-c2nc3cc(-c4ccc5[nH]c(-c6ccc(C(=O)NCCCn7cc(CCCNC(=O)c8ccc(C9=Nc%10cc(-c%11ccc%12[nH]c(-c%13ccc(C(=O)NCCN(C)C)cc%13)nc%12c%11)ccc%10C9)cc8)nn7)cc6)nc5c4)ccc3[nH]2)cc1. The van der Waals surface area contributed by atoms with Gasteiger partial charge in [-0.3, -0.25) is 24.1 Å². The van der Waals surface area contributed by atoms with Crippen LogP contribution in [0.5, 0.6) is 5.75 Å². The van der Waals surface area contributed by atoms with Crippen molar-refractivity contribution in [3.05, 3.63) is 210 Å². The second-order valence-corrected chi connectivity index (χ2v) is 23.8. The third-order valence-corrected chi connectivity index (χ3v) is 16.5. The molecule has 3 amide bonds. The summed E-state index contributed by atoms with van der Waals surface area (Å²) in [7, 11) is 8.08.